The number of hydrogen-bond donors (Lipinski definition) is 0. The van der Waals surface area contributed by atoms with E-state index in [1.165, 1.54) is 0 Å². The van der Waals surface area contributed by atoms with Gasteiger partial charge < -0.3 is 4.55 Å². The standard InChI is InChI=1S/C6H11FO3S/c7-5-3-1-2-4-6(5)11(8,9)10/h5-6H,1-4H2,(H,8,9,10)/p-1. The van der Waals surface area contributed by atoms with Gasteiger partial charge in [-0.15, -0.1) is 0 Å². The van der Waals surface area contributed by atoms with E-state index in [0.717, 1.165) is 0 Å². The van der Waals surface area contributed by atoms with E-state index < -0.39 is 21.5 Å². The lowest BCUT2D eigenvalue weighted by atomic mass is 9.98. The molecule has 1 aliphatic rings. The third kappa shape index (κ3) is 2.13. The van der Waals surface area contributed by atoms with Gasteiger partial charge in [-0.05, 0) is 12.8 Å². The molecule has 1 aliphatic carbocycles. The van der Waals surface area contributed by atoms with Crippen LogP contribution in [0.15, 0.2) is 0 Å². The van der Waals surface area contributed by atoms with Crippen LogP contribution in [-0.2, 0) is 10.1 Å². The normalized spacial score (nSPS) is 33.6. The van der Waals surface area contributed by atoms with Gasteiger partial charge in [0.25, 0.3) is 0 Å². The lowest BCUT2D eigenvalue weighted by molar-refractivity contribution is 0.244. The van der Waals surface area contributed by atoms with Crippen LogP contribution in [0, 0.1) is 0 Å². The van der Waals surface area contributed by atoms with E-state index in [1.807, 2.05) is 0 Å². The van der Waals surface area contributed by atoms with Crippen LogP contribution in [0.4, 0.5) is 4.39 Å². The summed E-state index contributed by atoms with van der Waals surface area (Å²) in [4.78, 5) is 0. The van der Waals surface area contributed by atoms with Gasteiger partial charge in [0.1, 0.15) is 16.3 Å². The molecule has 66 valence electrons. The predicted octanol–water partition coefficient (Wildman–Crippen LogP) is 0.812. The Balaban J connectivity index is 2.70. The molecule has 0 aromatic carbocycles. The molecular formula is C6H10FO3S-. The Hall–Kier alpha value is -0.160. The molecule has 1 rings (SSSR count). The lowest BCUT2D eigenvalue weighted by Crippen LogP contribution is -2.33. The van der Waals surface area contributed by atoms with Gasteiger partial charge in [0.05, 0.1) is 5.25 Å². The van der Waals surface area contributed by atoms with E-state index in [1.54, 1.807) is 0 Å². The maximum Gasteiger partial charge on any atom is 0.116 e. The van der Waals surface area contributed by atoms with E-state index in [2.05, 4.69) is 0 Å². The highest BCUT2D eigenvalue weighted by Gasteiger charge is 2.29. The smallest absolute Gasteiger partial charge is 0.116 e. The van der Waals surface area contributed by atoms with Gasteiger partial charge in [-0.2, -0.15) is 0 Å². The summed E-state index contributed by atoms with van der Waals surface area (Å²) >= 11 is 0. The van der Waals surface area contributed by atoms with E-state index >= 15 is 0 Å². The van der Waals surface area contributed by atoms with Crippen LogP contribution >= 0.6 is 0 Å². The Labute approximate surface area is 65.4 Å². The van der Waals surface area contributed by atoms with Crippen molar-refractivity contribution in [3.05, 3.63) is 0 Å². The highest BCUT2D eigenvalue weighted by Crippen LogP contribution is 2.25. The fourth-order valence-electron chi connectivity index (χ4n) is 1.38. The minimum absolute atomic E-state index is 0.188. The molecule has 0 heterocycles. The minimum Gasteiger partial charge on any atom is -0.748 e. The SMILES string of the molecule is O=S(=O)([O-])C1CCCCC1F. The summed E-state index contributed by atoms with van der Waals surface area (Å²) in [5.74, 6) is 0. The Bertz CT molecular complexity index is 224. The van der Waals surface area contributed by atoms with Crippen molar-refractivity contribution in [1.82, 2.24) is 0 Å². The summed E-state index contributed by atoms with van der Waals surface area (Å²) in [6, 6.07) is 0. The number of alkyl halides is 1. The molecule has 1 saturated carbocycles. The van der Waals surface area contributed by atoms with Crippen LogP contribution in [0.2, 0.25) is 0 Å². The van der Waals surface area contributed by atoms with Gasteiger partial charge in [0.2, 0.25) is 0 Å². The second-order valence-electron chi connectivity index (χ2n) is 2.83. The van der Waals surface area contributed by atoms with Crippen LogP contribution in [0.25, 0.3) is 0 Å². The lowest BCUT2D eigenvalue weighted by Gasteiger charge is -2.27. The van der Waals surface area contributed by atoms with E-state index in [4.69, 9.17) is 0 Å². The molecule has 3 nitrogen and oxygen atoms in total. The van der Waals surface area contributed by atoms with Crippen molar-refractivity contribution in [2.75, 3.05) is 0 Å². The zero-order valence-electron chi connectivity index (χ0n) is 5.99. The number of hydrogen-bond acceptors (Lipinski definition) is 3. The molecule has 5 heteroatoms. The van der Waals surface area contributed by atoms with Gasteiger partial charge in [0.15, 0.2) is 0 Å². The van der Waals surface area contributed by atoms with Gasteiger partial charge in [-0.25, -0.2) is 12.8 Å². The molecular weight excluding hydrogens is 171 g/mol. The molecule has 0 radical (unpaired) electrons. The van der Waals surface area contributed by atoms with Crippen molar-refractivity contribution in [3.8, 4) is 0 Å². The van der Waals surface area contributed by atoms with Crippen molar-refractivity contribution in [2.24, 2.45) is 0 Å². The molecule has 0 aromatic heterocycles. The molecule has 11 heavy (non-hydrogen) atoms. The first-order valence-corrected chi connectivity index (χ1v) is 5.08. The third-order valence-corrected chi connectivity index (χ3v) is 3.27. The highest BCUT2D eigenvalue weighted by molar-refractivity contribution is 7.86. The second kappa shape index (κ2) is 3.06. The first kappa shape index (κ1) is 8.93. The second-order valence-corrected chi connectivity index (χ2v) is 4.42. The maximum atomic E-state index is 12.8. The van der Waals surface area contributed by atoms with Crippen LogP contribution in [0.3, 0.4) is 0 Å². The maximum absolute atomic E-state index is 12.8. The van der Waals surface area contributed by atoms with Crippen molar-refractivity contribution in [3.63, 3.8) is 0 Å². The molecule has 0 spiro atoms. The monoisotopic (exact) mass is 181 g/mol. The van der Waals surface area contributed by atoms with E-state index in [9.17, 15) is 17.4 Å². The summed E-state index contributed by atoms with van der Waals surface area (Å²) < 4.78 is 44.0. The average Bonchev–Trinajstić information content (AvgIpc) is 1.86. The Morgan fingerprint density at radius 1 is 1.27 bits per heavy atom. The topological polar surface area (TPSA) is 57.2 Å². The Morgan fingerprint density at radius 2 is 1.82 bits per heavy atom. The fourth-order valence-corrected chi connectivity index (χ4v) is 2.33. The predicted molar refractivity (Wildman–Crippen MR) is 36.8 cm³/mol. The molecule has 0 bridgehead atoms. The van der Waals surface area contributed by atoms with Crippen molar-refractivity contribution in [2.45, 2.75) is 37.1 Å². The zero-order chi connectivity index (χ0) is 8.48. The number of halogens is 1. The summed E-state index contributed by atoms with van der Waals surface area (Å²) in [7, 11) is -4.40. The Kier molecular flexibility index (Phi) is 2.49. The van der Waals surface area contributed by atoms with Crippen LogP contribution in [0.1, 0.15) is 25.7 Å². The van der Waals surface area contributed by atoms with Crippen LogP contribution in [0.5, 0.6) is 0 Å². The molecule has 0 saturated heterocycles. The van der Waals surface area contributed by atoms with Crippen molar-refractivity contribution in [1.29, 1.82) is 0 Å². The zero-order valence-corrected chi connectivity index (χ0v) is 6.81. The first-order valence-electron chi connectivity index (χ1n) is 3.60. The molecule has 1 fully saturated rings. The quantitative estimate of drug-likeness (QED) is 0.562. The summed E-state index contributed by atoms with van der Waals surface area (Å²) in [5, 5.41) is -1.28. The first-order chi connectivity index (χ1) is 5.02. The van der Waals surface area contributed by atoms with Gasteiger partial charge in [-0.3, -0.25) is 0 Å². The van der Waals surface area contributed by atoms with Gasteiger partial charge in [-0.1, -0.05) is 12.8 Å². The van der Waals surface area contributed by atoms with Crippen LogP contribution in [-0.4, -0.2) is 24.4 Å². The van der Waals surface area contributed by atoms with Crippen LogP contribution < -0.4 is 0 Å². The largest absolute Gasteiger partial charge is 0.748 e. The molecule has 0 aromatic rings. The van der Waals surface area contributed by atoms with Gasteiger partial charge in [0, 0.05) is 0 Å². The number of rotatable bonds is 1. The Morgan fingerprint density at radius 3 is 2.18 bits per heavy atom. The highest BCUT2D eigenvalue weighted by atomic mass is 32.2. The average molecular weight is 181 g/mol. The third-order valence-electron chi connectivity index (χ3n) is 1.99. The van der Waals surface area contributed by atoms with Crippen molar-refractivity contribution < 1.29 is 17.4 Å². The fraction of sp³-hybridized carbons (Fsp3) is 1.00. The van der Waals surface area contributed by atoms with Gasteiger partial charge >= 0.3 is 0 Å². The van der Waals surface area contributed by atoms with E-state index in [0.29, 0.717) is 12.8 Å². The molecule has 0 N–H and O–H groups in total. The summed E-state index contributed by atoms with van der Waals surface area (Å²) in [6.45, 7) is 0. The molecule has 2 unspecified atom stereocenters. The summed E-state index contributed by atoms with van der Waals surface area (Å²) in [6.07, 6.45) is 0.296. The molecule has 0 amide bonds. The minimum atomic E-state index is -4.40. The van der Waals surface area contributed by atoms with E-state index in [-0.39, 0.29) is 12.8 Å². The summed E-state index contributed by atoms with van der Waals surface area (Å²) in [5.41, 5.74) is 0. The molecule has 0 aliphatic heterocycles. The van der Waals surface area contributed by atoms with Crippen molar-refractivity contribution >= 4 is 10.1 Å². The molecule has 2 atom stereocenters.